The molecule has 2 rings (SSSR count). The lowest BCUT2D eigenvalue weighted by Crippen LogP contribution is -2.34. The first-order valence-electron chi connectivity index (χ1n) is 7.58. The average molecular weight is 307 g/mol. The van der Waals surface area contributed by atoms with Gasteiger partial charge >= 0.3 is 5.97 Å². The van der Waals surface area contributed by atoms with Gasteiger partial charge < -0.3 is 4.74 Å². The monoisotopic (exact) mass is 306 g/mol. The lowest BCUT2D eigenvalue weighted by atomic mass is 9.65. The maximum Gasteiger partial charge on any atom is 0.306 e. The van der Waals surface area contributed by atoms with Crippen molar-refractivity contribution in [3.05, 3.63) is 47.0 Å². The van der Waals surface area contributed by atoms with Crippen LogP contribution in [0.25, 0.3) is 0 Å². The van der Waals surface area contributed by atoms with E-state index in [4.69, 9.17) is 16.3 Å². The molecule has 2 nitrogen and oxygen atoms in total. The number of hydrogen-bond acceptors (Lipinski definition) is 2. The zero-order valence-corrected chi connectivity index (χ0v) is 13.4. The predicted molar refractivity (Wildman–Crippen MR) is 86.7 cm³/mol. The number of carbonyl (C=O) groups is 1. The van der Waals surface area contributed by atoms with Gasteiger partial charge in [0.25, 0.3) is 0 Å². The van der Waals surface area contributed by atoms with Crippen LogP contribution in [0.1, 0.15) is 49.7 Å². The second-order valence-electron chi connectivity index (χ2n) is 5.83. The lowest BCUT2D eigenvalue weighted by Gasteiger charge is -2.39. The summed E-state index contributed by atoms with van der Waals surface area (Å²) in [6.45, 7) is 3.79. The van der Waals surface area contributed by atoms with Gasteiger partial charge in [0.2, 0.25) is 0 Å². The fraction of sp³-hybridized carbons (Fsp3) is 0.500. The van der Waals surface area contributed by atoms with Crippen LogP contribution in [0.15, 0.2) is 30.9 Å². The molecule has 114 valence electrons. The number of carbonyl (C=O) groups excluding carboxylic acids is 1. The summed E-state index contributed by atoms with van der Waals surface area (Å²) in [4.78, 5) is 11.9. The molecule has 1 atom stereocenters. The molecule has 1 aromatic carbocycles. The van der Waals surface area contributed by atoms with Crippen LogP contribution in [-0.4, -0.2) is 13.1 Å². The van der Waals surface area contributed by atoms with Crippen molar-refractivity contribution >= 4 is 17.6 Å². The van der Waals surface area contributed by atoms with E-state index in [2.05, 4.69) is 12.6 Å². The Morgan fingerprint density at radius 3 is 3.05 bits per heavy atom. The zero-order chi connectivity index (χ0) is 15.3. The molecule has 0 bridgehead atoms. The normalized spacial score (nSPS) is 20.7. The van der Waals surface area contributed by atoms with Crippen molar-refractivity contribution in [3.8, 4) is 0 Å². The summed E-state index contributed by atoms with van der Waals surface area (Å²) < 4.78 is 4.94. The van der Waals surface area contributed by atoms with Gasteiger partial charge in [-0.1, -0.05) is 29.8 Å². The molecule has 0 amide bonds. The van der Waals surface area contributed by atoms with Crippen molar-refractivity contribution < 1.29 is 9.53 Å². The third-order valence-corrected chi connectivity index (χ3v) is 4.90. The van der Waals surface area contributed by atoms with Crippen LogP contribution < -0.4 is 0 Å². The quantitative estimate of drug-likeness (QED) is 0.427. The summed E-state index contributed by atoms with van der Waals surface area (Å²) in [6.07, 6.45) is 8.45. The number of ether oxygens (including phenoxy) is 1. The Hall–Kier alpha value is -1.28. The Bertz CT molecular complexity index is 524. The Labute approximate surface area is 132 Å². The van der Waals surface area contributed by atoms with Gasteiger partial charge in [-0.25, -0.2) is 0 Å². The minimum Gasteiger partial charge on any atom is -0.469 e. The molecule has 0 aliphatic heterocycles. The number of fused-ring (bicyclic) bond motifs is 1. The molecule has 0 aromatic heterocycles. The smallest absolute Gasteiger partial charge is 0.306 e. The average Bonchev–Trinajstić information content (AvgIpc) is 2.49. The Kier molecular flexibility index (Phi) is 5.46. The van der Waals surface area contributed by atoms with Crippen molar-refractivity contribution in [2.75, 3.05) is 7.11 Å². The first-order valence-corrected chi connectivity index (χ1v) is 7.96. The molecule has 1 aliphatic rings. The van der Waals surface area contributed by atoms with Crippen LogP contribution in [0.3, 0.4) is 0 Å². The van der Waals surface area contributed by atoms with Crippen LogP contribution >= 0.6 is 11.6 Å². The minimum atomic E-state index is -0.138. The summed E-state index contributed by atoms with van der Waals surface area (Å²) in [5, 5.41) is 0.824. The van der Waals surface area contributed by atoms with Gasteiger partial charge in [-0.05, 0) is 55.7 Å². The first-order chi connectivity index (χ1) is 10.1. The highest BCUT2D eigenvalue weighted by Gasteiger charge is 2.38. The number of halogens is 1. The van der Waals surface area contributed by atoms with Crippen LogP contribution in [0, 0.1) is 0 Å². The first kappa shape index (κ1) is 16.1. The summed E-state index contributed by atoms with van der Waals surface area (Å²) in [5.41, 5.74) is 2.33. The number of benzene rings is 1. The van der Waals surface area contributed by atoms with Gasteiger partial charge in [0.05, 0.1) is 13.5 Å². The number of rotatable bonds is 6. The minimum absolute atomic E-state index is 0.130. The second kappa shape index (κ2) is 7.13. The predicted octanol–water partition coefficient (Wildman–Crippen LogP) is 4.83. The van der Waals surface area contributed by atoms with E-state index in [9.17, 15) is 4.79 Å². The van der Waals surface area contributed by atoms with E-state index < -0.39 is 0 Å². The Balaban J connectivity index is 2.38. The standard InChI is InChI=1S/C18H23ClO2/c1-3-4-5-11-18(13-17(20)21-2)12-7-8-14-15(18)9-6-10-16(14)19/h3,6,9-10H,1,4-5,7-8,11-13H2,2H3. The van der Waals surface area contributed by atoms with E-state index >= 15 is 0 Å². The second-order valence-corrected chi connectivity index (χ2v) is 6.24. The zero-order valence-electron chi connectivity index (χ0n) is 12.7. The van der Waals surface area contributed by atoms with Crippen LogP contribution in [0.2, 0.25) is 5.02 Å². The van der Waals surface area contributed by atoms with Crippen LogP contribution in [0.5, 0.6) is 0 Å². The van der Waals surface area contributed by atoms with E-state index in [-0.39, 0.29) is 11.4 Å². The van der Waals surface area contributed by atoms with E-state index in [1.807, 2.05) is 18.2 Å². The van der Waals surface area contributed by atoms with Crippen LogP contribution in [0.4, 0.5) is 0 Å². The molecule has 0 spiro atoms. The highest BCUT2D eigenvalue weighted by molar-refractivity contribution is 6.31. The third-order valence-electron chi connectivity index (χ3n) is 4.55. The molecule has 0 saturated heterocycles. The molecule has 1 unspecified atom stereocenters. The molecule has 21 heavy (non-hydrogen) atoms. The molecule has 1 aromatic rings. The molecule has 0 fully saturated rings. The van der Waals surface area contributed by atoms with E-state index in [1.54, 1.807) is 0 Å². The number of hydrogen-bond donors (Lipinski definition) is 0. The van der Waals surface area contributed by atoms with Gasteiger partial charge in [0.15, 0.2) is 0 Å². The van der Waals surface area contributed by atoms with E-state index in [1.165, 1.54) is 18.2 Å². The van der Waals surface area contributed by atoms with Gasteiger partial charge in [0.1, 0.15) is 0 Å². The highest BCUT2D eigenvalue weighted by atomic mass is 35.5. The number of allylic oxidation sites excluding steroid dienone is 1. The van der Waals surface area contributed by atoms with Gasteiger partial charge in [-0.3, -0.25) is 4.79 Å². The maximum absolute atomic E-state index is 11.9. The van der Waals surface area contributed by atoms with Gasteiger partial charge in [0, 0.05) is 10.4 Å². The van der Waals surface area contributed by atoms with Crippen molar-refractivity contribution in [1.29, 1.82) is 0 Å². The lowest BCUT2D eigenvalue weighted by molar-refractivity contribution is -0.142. The third kappa shape index (κ3) is 3.49. The molecule has 1 aliphatic carbocycles. The molecule has 0 heterocycles. The number of methoxy groups -OCH3 is 1. The molecule has 0 N–H and O–H groups in total. The fourth-order valence-corrected chi connectivity index (χ4v) is 3.78. The van der Waals surface area contributed by atoms with Gasteiger partial charge in [-0.2, -0.15) is 0 Å². The fourth-order valence-electron chi connectivity index (χ4n) is 3.51. The Morgan fingerprint density at radius 1 is 1.52 bits per heavy atom. The molecule has 0 radical (unpaired) electrons. The molecular formula is C18H23ClO2. The Morgan fingerprint density at radius 2 is 2.33 bits per heavy atom. The van der Waals surface area contributed by atoms with Gasteiger partial charge in [-0.15, -0.1) is 6.58 Å². The number of unbranched alkanes of at least 4 members (excludes halogenated alkanes) is 1. The SMILES string of the molecule is C=CCCCC1(CC(=O)OC)CCCc2c(Cl)cccc21. The van der Waals surface area contributed by atoms with Crippen molar-refractivity contribution in [2.45, 2.75) is 50.4 Å². The highest BCUT2D eigenvalue weighted by Crippen LogP contribution is 2.45. The molecule has 3 heteroatoms. The summed E-state index contributed by atoms with van der Waals surface area (Å²) in [6, 6.07) is 6.07. The largest absolute Gasteiger partial charge is 0.469 e. The molecule has 0 saturated carbocycles. The van der Waals surface area contributed by atoms with Crippen molar-refractivity contribution in [2.24, 2.45) is 0 Å². The van der Waals surface area contributed by atoms with Crippen LogP contribution in [-0.2, 0) is 21.4 Å². The van der Waals surface area contributed by atoms with Crippen molar-refractivity contribution in [1.82, 2.24) is 0 Å². The maximum atomic E-state index is 11.9. The van der Waals surface area contributed by atoms with Crippen molar-refractivity contribution in [3.63, 3.8) is 0 Å². The number of esters is 1. The van der Waals surface area contributed by atoms with E-state index in [0.29, 0.717) is 6.42 Å². The summed E-state index contributed by atoms with van der Waals surface area (Å²) in [5.74, 6) is -0.138. The van der Waals surface area contributed by atoms with E-state index in [0.717, 1.165) is 43.5 Å². The summed E-state index contributed by atoms with van der Waals surface area (Å²) >= 11 is 6.37. The summed E-state index contributed by atoms with van der Waals surface area (Å²) in [7, 11) is 1.46. The topological polar surface area (TPSA) is 26.3 Å². The molecular weight excluding hydrogens is 284 g/mol.